The summed E-state index contributed by atoms with van der Waals surface area (Å²) in [7, 11) is 0. The molecule has 2 saturated heterocycles. The predicted octanol–water partition coefficient (Wildman–Crippen LogP) is 3.00. The number of ether oxygens (including phenoxy) is 2. The molecule has 1 unspecified atom stereocenters. The van der Waals surface area contributed by atoms with Crippen molar-refractivity contribution in [2.75, 3.05) is 26.3 Å². The van der Waals surface area contributed by atoms with Crippen molar-refractivity contribution in [3.63, 3.8) is 0 Å². The molecule has 0 aromatic heterocycles. The maximum Gasteiger partial charge on any atom is 0.313 e. The minimum atomic E-state index is -1.26. The fraction of sp³-hybridized carbons (Fsp3) is 0.567. The molecule has 0 bridgehead atoms. The summed E-state index contributed by atoms with van der Waals surface area (Å²) in [5.74, 6) is -2.52. The van der Waals surface area contributed by atoms with Gasteiger partial charge in [-0.15, -0.1) is 0 Å². The minimum Gasteiger partial charge on any atom is -0.465 e. The van der Waals surface area contributed by atoms with E-state index >= 15 is 0 Å². The van der Waals surface area contributed by atoms with Crippen LogP contribution in [-0.4, -0.2) is 76.2 Å². The van der Waals surface area contributed by atoms with Crippen LogP contribution in [0.2, 0.25) is 0 Å². The molecule has 2 amide bonds. The van der Waals surface area contributed by atoms with Gasteiger partial charge in [0.25, 0.3) is 0 Å². The van der Waals surface area contributed by atoms with E-state index < -0.39 is 35.0 Å². The number of hydrogen-bond acceptors (Lipinski definition) is 6. The van der Waals surface area contributed by atoms with Crippen LogP contribution in [0.15, 0.2) is 54.6 Å². The first kappa shape index (κ1) is 26.6. The molecule has 1 spiro atoms. The fourth-order valence-corrected chi connectivity index (χ4v) is 6.61. The Bertz CT molecular complexity index is 1100. The molecule has 0 aliphatic carbocycles. The van der Waals surface area contributed by atoms with Gasteiger partial charge in [-0.25, -0.2) is 0 Å². The molecule has 4 aliphatic rings. The zero-order chi connectivity index (χ0) is 26.8. The van der Waals surface area contributed by atoms with E-state index in [1.54, 1.807) is 9.80 Å². The molecule has 204 valence electrons. The monoisotopic (exact) mass is 522 g/mol. The number of nitrogens with zero attached hydrogens (tertiary/aromatic N) is 2. The number of allylic oxidation sites excluding steroid dienone is 1. The van der Waals surface area contributed by atoms with Gasteiger partial charge in [0.1, 0.15) is 17.6 Å². The van der Waals surface area contributed by atoms with Gasteiger partial charge >= 0.3 is 5.97 Å². The highest BCUT2D eigenvalue weighted by atomic mass is 16.6. The lowest BCUT2D eigenvalue weighted by molar-refractivity contribution is -0.159. The Kier molecular flexibility index (Phi) is 7.73. The third-order valence-corrected chi connectivity index (χ3v) is 8.36. The molecule has 5 atom stereocenters. The number of aliphatic hydroxyl groups excluding tert-OH is 1. The highest BCUT2D eigenvalue weighted by molar-refractivity contribution is 5.99. The summed E-state index contributed by atoms with van der Waals surface area (Å²) in [6.45, 7) is 3.47. The van der Waals surface area contributed by atoms with Gasteiger partial charge < -0.3 is 24.4 Å². The molecular formula is C30H38N2O6. The number of amides is 2. The maximum atomic E-state index is 14.3. The number of rotatable bonds is 8. The van der Waals surface area contributed by atoms with Gasteiger partial charge in [0.2, 0.25) is 11.8 Å². The van der Waals surface area contributed by atoms with Crippen LogP contribution in [0.5, 0.6) is 0 Å². The SMILES string of the molecule is C[C@@]12/C=C\CCCOC(=O)[C@@H]1[C@H]1C(=O)N(CCCCCCO)C3C(=O)N(Cc4ccccc4)CC=C[C@@]31O2. The lowest BCUT2D eigenvalue weighted by Crippen LogP contribution is -2.55. The van der Waals surface area contributed by atoms with Crippen LogP contribution in [0, 0.1) is 11.8 Å². The van der Waals surface area contributed by atoms with Gasteiger partial charge in [-0.05, 0) is 38.2 Å². The third-order valence-electron chi connectivity index (χ3n) is 8.36. The van der Waals surface area contributed by atoms with Gasteiger partial charge in [-0.1, -0.05) is 67.5 Å². The quantitative estimate of drug-likeness (QED) is 0.320. The summed E-state index contributed by atoms with van der Waals surface area (Å²) in [5, 5.41) is 9.13. The predicted molar refractivity (Wildman–Crippen MR) is 141 cm³/mol. The zero-order valence-electron chi connectivity index (χ0n) is 22.1. The van der Waals surface area contributed by atoms with E-state index in [1.807, 2.05) is 61.6 Å². The summed E-state index contributed by atoms with van der Waals surface area (Å²) in [6.07, 6.45) is 12.2. The molecule has 8 heteroatoms. The number of hydrogen-bond donors (Lipinski definition) is 1. The lowest BCUT2D eigenvalue weighted by Gasteiger charge is -2.37. The second-order valence-corrected chi connectivity index (χ2v) is 11.0. The number of esters is 1. The van der Waals surface area contributed by atoms with E-state index in [1.165, 1.54) is 0 Å². The second kappa shape index (κ2) is 11.0. The van der Waals surface area contributed by atoms with Gasteiger partial charge in [0.15, 0.2) is 0 Å². The average Bonchev–Trinajstić information content (AvgIpc) is 3.25. The molecule has 38 heavy (non-hydrogen) atoms. The number of benzene rings is 1. The number of unbranched alkanes of at least 4 members (excludes halogenated alkanes) is 3. The van der Waals surface area contributed by atoms with E-state index in [-0.39, 0.29) is 18.4 Å². The summed E-state index contributed by atoms with van der Waals surface area (Å²) in [5.41, 5.74) is -1.32. The van der Waals surface area contributed by atoms with Gasteiger partial charge in [-0.3, -0.25) is 14.4 Å². The Labute approximate surface area is 224 Å². The highest BCUT2D eigenvalue weighted by Crippen LogP contribution is 2.57. The number of carbonyl (C=O) groups excluding carboxylic acids is 3. The normalized spacial score (nSPS) is 33.5. The van der Waals surface area contributed by atoms with Crippen LogP contribution in [0.3, 0.4) is 0 Å². The van der Waals surface area contributed by atoms with Crippen LogP contribution in [-0.2, 0) is 30.4 Å². The zero-order valence-corrected chi connectivity index (χ0v) is 22.1. The molecule has 5 rings (SSSR count). The van der Waals surface area contributed by atoms with E-state index in [4.69, 9.17) is 14.6 Å². The summed E-state index contributed by atoms with van der Waals surface area (Å²) < 4.78 is 12.4. The third kappa shape index (κ3) is 4.69. The van der Waals surface area contributed by atoms with Crippen molar-refractivity contribution in [1.29, 1.82) is 0 Å². The lowest BCUT2D eigenvalue weighted by atomic mass is 9.74. The Balaban J connectivity index is 1.53. The van der Waals surface area contributed by atoms with E-state index in [0.717, 1.165) is 24.8 Å². The van der Waals surface area contributed by atoms with Crippen molar-refractivity contribution in [2.24, 2.45) is 11.8 Å². The van der Waals surface area contributed by atoms with Gasteiger partial charge in [0.05, 0.1) is 18.1 Å². The molecule has 1 aromatic carbocycles. The van der Waals surface area contributed by atoms with Crippen molar-refractivity contribution in [3.8, 4) is 0 Å². The molecule has 4 heterocycles. The van der Waals surface area contributed by atoms with Crippen LogP contribution < -0.4 is 0 Å². The topological polar surface area (TPSA) is 96.4 Å². The Morgan fingerprint density at radius 1 is 0.974 bits per heavy atom. The fourth-order valence-electron chi connectivity index (χ4n) is 6.61. The molecule has 2 fully saturated rings. The van der Waals surface area contributed by atoms with E-state index in [0.29, 0.717) is 45.5 Å². The number of carbonyl (C=O) groups is 3. The second-order valence-electron chi connectivity index (χ2n) is 11.0. The molecule has 4 aliphatic heterocycles. The Hall–Kier alpha value is -2.97. The van der Waals surface area contributed by atoms with Crippen molar-refractivity contribution >= 4 is 17.8 Å². The summed E-state index contributed by atoms with van der Waals surface area (Å²) in [4.78, 5) is 45.3. The first-order valence-electron chi connectivity index (χ1n) is 13.9. The smallest absolute Gasteiger partial charge is 0.313 e. The number of likely N-dealkylation sites (tertiary alicyclic amines) is 1. The van der Waals surface area contributed by atoms with Crippen LogP contribution in [0.25, 0.3) is 0 Å². The number of cyclic esters (lactones) is 1. The summed E-state index contributed by atoms with van der Waals surface area (Å²) >= 11 is 0. The molecule has 0 saturated carbocycles. The maximum absolute atomic E-state index is 14.3. The standard InChI is InChI=1S/C30H38N2O6/c1-29-15-8-5-11-20-37-28(36)24(29)23-26(34)32(18-9-2-3-10-19-33)25-27(35)31(17-12-16-30(23,25)38-29)21-22-13-6-4-7-14-22/h4,6-8,12-16,23-25,33H,2-3,5,9-11,17-21H2,1H3/b15-8-/t23-,24-,25?,29+,30-/m0/s1. The van der Waals surface area contributed by atoms with Crippen molar-refractivity contribution < 1.29 is 29.0 Å². The average molecular weight is 523 g/mol. The molecular weight excluding hydrogens is 484 g/mol. The van der Waals surface area contributed by atoms with Crippen molar-refractivity contribution in [3.05, 3.63) is 60.2 Å². The van der Waals surface area contributed by atoms with Gasteiger partial charge in [-0.2, -0.15) is 0 Å². The largest absolute Gasteiger partial charge is 0.465 e. The summed E-state index contributed by atoms with van der Waals surface area (Å²) in [6, 6.07) is 8.93. The molecule has 1 N–H and O–H groups in total. The molecule has 8 nitrogen and oxygen atoms in total. The van der Waals surface area contributed by atoms with Crippen molar-refractivity contribution in [2.45, 2.75) is 69.2 Å². The van der Waals surface area contributed by atoms with Crippen LogP contribution >= 0.6 is 0 Å². The van der Waals surface area contributed by atoms with E-state index in [9.17, 15) is 14.4 Å². The van der Waals surface area contributed by atoms with E-state index in [2.05, 4.69) is 0 Å². The highest BCUT2D eigenvalue weighted by Gasteiger charge is 2.74. The number of aliphatic hydroxyl groups is 1. The van der Waals surface area contributed by atoms with Crippen LogP contribution in [0.4, 0.5) is 0 Å². The minimum absolute atomic E-state index is 0.137. The number of fused-ring (bicyclic) bond motifs is 2. The first-order valence-corrected chi connectivity index (χ1v) is 13.9. The van der Waals surface area contributed by atoms with Crippen LogP contribution in [0.1, 0.15) is 51.0 Å². The van der Waals surface area contributed by atoms with Crippen molar-refractivity contribution in [1.82, 2.24) is 9.80 Å². The Morgan fingerprint density at radius 3 is 2.55 bits per heavy atom. The van der Waals surface area contributed by atoms with Gasteiger partial charge in [0, 0.05) is 26.2 Å². The first-order chi connectivity index (χ1) is 18.4. The molecule has 1 aromatic rings. The molecule has 0 radical (unpaired) electrons. The Morgan fingerprint density at radius 2 is 1.76 bits per heavy atom.